The lowest BCUT2D eigenvalue weighted by Gasteiger charge is -2.29. The van der Waals surface area contributed by atoms with Gasteiger partial charge in [-0.05, 0) is 37.1 Å². The fourth-order valence-corrected chi connectivity index (χ4v) is 2.26. The Bertz CT molecular complexity index is 316. The van der Waals surface area contributed by atoms with Crippen molar-refractivity contribution in [3.8, 4) is 5.75 Å². The first-order valence-electron chi connectivity index (χ1n) is 4.29. The first-order chi connectivity index (χ1) is 6.31. The van der Waals surface area contributed by atoms with Crippen LogP contribution in [0.15, 0.2) is 23.1 Å². The maximum absolute atomic E-state index is 9.29. The number of phenolic OH excluding ortho intramolecular Hbond substituents is 1. The van der Waals surface area contributed by atoms with Gasteiger partial charge in [-0.15, -0.1) is 0 Å². The Morgan fingerprint density at radius 1 is 1.62 bits per heavy atom. The van der Waals surface area contributed by atoms with Gasteiger partial charge in [0.1, 0.15) is 5.75 Å². The van der Waals surface area contributed by atoms with Crippen LogP contribution in [-0.4, -0.2) is 18.3 Å². The minimum absolute atomic E-state index is 0.325. The van der Waals surface area contributed by atoms with Gasteiger partial charge in [-0.2, -0.15) is 0 Å². The van der Waals surface area contributed by atoms with Crippen molar-refractivity contribution >= 4 is 17.6 Å². The molecule has 3 nitrogen and oxygen atoms in total. The Morgan fingerprint density at radius 2 is 2.46 bits per heavy atom. The van der Waals surface area contributed by atoms with Crippen LogP contribution in [0, 0.1) is 0 Å². The summed E-state index contributed by atoms with van der Waals surface area (Å²) in [7, 11) is 0. The van der Waals surface area contributed by atoms with E-state index in [1.807, 2.05) is 6.07 Å². The molecule has 0 amide bonds. The second kappa shape index (κ2) is 3.47. The van der Waals surface area contributed by atoms with Crippen molar-refractivity contribution in [1.29, 1.82) is 0 Å². The lowest BCUT2D eigenvalue weighted by molar-refractivity contribution is 0.473. The van der Waals surface area contributed by atoms with Crippen LogP contribution in [0.1, 0.15) is 6.92 Å². The molecule has 0 atom stereocenters. The first kappa shape index (κ1) is 8.72. The standard InChI is InChI=1S/C9H12N2OS/c1-2-11-6-10-13-9-5-7(12)3-4-8(9)11/h3-5,10,12H,2,6H2,1H3. The van der Waals surface area contributed by atoms with Gasteiger partial charge in [0.25, 0.3) is 0 Å². The van der Waals surface area contributed by atoms with E-state index < -0.39 is 0 Å². The van der Waals surface area contributed by atoms with E-state index in [-0.39, 0.29) is 0 Å². The molecule has 0 saturated carbocycles. The Hall–Kier alpha value is -0.870. The number of aromatic hydroxyl groups is 1. The Labute approximate surface area is 81.9 Å². The van der Waals surface area contributed by atoms with Gasteiger partial charge in [0.05, 0.1) is 12.4 Å². The molecule has 2 rings (SSSR count). The number of hydrogen-bond donors (Lipinski definition) is 2. The molecule has 0 saturated heterocycles. The summed E-state index contributed by atoms with van der Waals surface area (Å²) in [4.78, 5) is 3.32. The van der Waals surface area contributed by atoms with E-state index in [2.05, 4.69) is 16.5 Å². The molecular formula is C9H12N2OS. The normalized spacial score (nSPS) is 15.6. The van der Waals surface area contributed by atoms with Crippen molar-refractivity contribution in [2.45, 2.75) is 11.8 Å². The van der Waals surface area contributed by atoms with Crippen LogP contribution in [0.5, 0.6) is 5.75 Å². The lowest BCUT2D eigenvalue weighted by atomic mass is 10.2. The summed E-state index contributed by atoms with van der Waals surface area (Å²) in [5, 5.41) is 9.29. The maximum Gasteiger partial charge on any atom is 0.116 e. The van der Waals surface area contributed by atoms with Crippen LogP contribution in [0.2, 0.25) is 0 Å². The van der Waals surface area contributed by atoms with Gasteiger partial charge >= 0.3 is 0 Å². The molecule has 0 bridgehead atoms. The molecule has 0 fully saturated rings. The molecule has 0 radical (unpaired) electrons. The largest absolute Gasteiger partial charge is 0.508 e. The lowest BCUT2D eigenvalue weighted by Crippen LogP contribution is -2.34. The molecule has 0 unspecified atom stereocenters. The van der Waals surface area contributed by atoms with Crippen molar-refractivity contribution in [1.82, 2.24) is 4.72 Å². The van der Waals surface area contributed by atoms with E-state index in [0.717, 1.165) is 18.1 Å². The highest BCUT2D eigenvalue weighted by Gasteiger charge is 2.15. The number of phenols is 1. The zero-order valence-corrected chi connectivity index (χ0v) is 8.27. The van der Waals surface area contributed by atoms with Crippen molar-refractivity contribution in [3.05, 3.63) is 18.2 Å². The maximum atomic E-state index is 9.29. The molecule has 1 aliphatic heterocycles. The molecule has 0 aromatic heterocycles. The van der Waals surface area contributed by atoms with Gasteiger partial charge in [-0.1, -0.05) is 0 Å². The molecule has 1 aromatic carbocycles. The molecule has 1 aliphatic rings. The van der Waals surface area contributed by atoms with E-state index in [0.29, 0.717) is 5.75 Å². The molecule has 2 N–H and O–H groups in total. The summed E-state index contributed by atoms with van der Waals surface area (Å²) in [6, 6.07) is 5.48. The molecule has 70 valence electrons. The van der Waals surface area contributed by atoms with E-state index in [9.17, 15) is 5.11 Å². The highest BCUT2D eigenvalue weighted by molar-refractivity contribution is 7.97. The topological polar surface area (TPSA) is 35.5 Å². The molecule has 1 heterocycles. The van der Waals surface area contributed by atoms with Gasteiger partial charge < -0.3 is 10.0 Å². The highest BCUT2D eigenvalue weighted by atomic mass is 32.2. The van der Waals surface area contributed by atoms with E-state index in [1.165, 1.54) is 5.69 Å². The summed E-state index contributed by atoms with van der Waals surface area (Å²) in [5.74, 6) is 0.325. The minimum Gasteiger partial charge on any atom is -0.508 e. The Kier molecular flexibility index (Phi) is 2.33. The first-order valence-corrected chi connectivity index (χ1v) is 5.10. The van der Waals surface area contributed by atoms with Crippen LogP contribution in [0.4, 0.5) is 5.69 Å². The quantitative estimate of drug-likeness (QED) is 0.671. The second-order valence-electron chi connectivity index (χ2n) is 2.91. The summed E-state index contributed by atoms with van der Waals surface area (Å²) in [6.07, 6.45) is 0. The summed E-state index contributed by atoms with van der Waals surface area (Å²) < 4.78 is 3.20. The Balaban J connectivity index is 2.40. The SMILES string of the molecule is CCN1CNSc2cc(O)ccc21. The van der Waals surface area contributed by atoms with E-state index in [1.54, 1.807) is 24.1 Å². The van der Waals surface area contributed by atoms with Gasteiger partial charge in [0, 0.05) is 11.4 Å². The summed E-state index contributed by atoms with van der Waals surface area (Å²) in [6.45, 7) is 3.96. The molecule has 0 aliphatic carbocycles. The zero-order valence-electron chi connectivity index (χ0n) is 7.45. The average Bonchev–Trinajstić information content (AvgIpc) is 2.16. The number of hydrogen-bond acceptors (Lipinski definition) is 4. The minimum atomic E-state index is 0.325. The second-order valence-corrected chi connectivity index (χ2v) is 3.85. The fraction of sp³-hybridized carbons (Fsp3) is 0.333. The Morgan fingerprint density at radius 3 is 3.23 bits per heavy atom. The number of nitrogens with zero attached hydrogens (tertiary/aromatic N) is 1. The number of rotatable bonds is 1. The van der Waals surface area contributed by atoms with Crippen LogP contribution < -0.4 is 9.62 Å². The summed E-state index contributed by atoms with van der Waals surface area (Å²) in [5.41, 5.74) is 1.20. The van der Waals surface area contributed by atoms with Crippen molar-refractivity contribution < 1.29 is 5.11 Å². The molecule has 0 spiro atoms. The third-order valence-electron chi connectivity index (χ3n) is 2.10. The zero-order chi connectivity index (χ0) is 9.26. The summed E-state index contributed by atoms with van der Waals surface area (Å²) >= 11 is 1.57. The average molecular weight is 196 g/mol. The van der Waals surface area contributed by atoms with Crippen LogP contribution in [-0.2, 0) is 0 Å². The molecule has 4 heteroatoms. The van der Waals surface area contributed by atoms with Crippen molar-refractivity contribution in [2.75, 3.05) is 18.1 Å². The molecular weight excluding hydrogens is 184 g/mol. The highest BCUT2D eigenvalue weighted by Crippen LogP contribution is 2.34. The predicted molar refractivity (Wildman–Crippen MR) is 55.0 cm³/mol. The van der Waals surface area contributed by atoms with Crippen molar-refractivity contribution in [3.63, 3.8) is 0 Å². The molecule has 1 aromatic rings. The number of nitrogens with one attached hydrogen (secondary N) is 1. The smallest absolute Gasteiger partial charge is 0.116 e. The van der Waals surface area contributed by atoms with Gasteiger partial charge in [-0.3, -0.25) is 0 Å². The van der Waals surface area contributed by atoms with Crippen LogP contribution in [0.3, 0.4) is 0 Å². The van der Waals surface area contributed by atoms with E-state index in [4.69, 9.17) is 0 Å². The third kappa shape index (κ3) is 1.59. The van der Waals surface area contributed by atoms with Gasteiger partial charge in [-0.25, -0.2) is 4.72 Å². The number of anilines is 1. The van der Waals surface area contributed by atoms with Crippen molar-refractivity contribution in [2.24, 2.45) is 0 Å². The molecule has 13 heavy (non-hydrogen) atoms. The van der Waals surface area contributed by atoms with Crippen LogP contribution in [0.25, 0.3) is 0 Å². The van der Waals surface area contributed by atoms with Gasteiger partial charge in [0.15, 0.2) is 0 Å². The predicted octanol–water partition coefficient (Wildman–Crippen LogP) is 1.79. The third-order valence-corrected chi connectivity index (χ3v) is 2.92. The van der Waals surface area contributed by atoms with E-state index >= 15 is 0 Å². The van der Waals surface area contributed by atoms with Crippen LogP contribution >= 0.6 is 11.9 Å². The number of fused-ring (bicyclic) bond motifs is 1. The number of benzene rings is 1. The monoisotopic (exact) mass is 196 g/mol. The van der Waals surface area contributed by atoms with Gasteiger partial charge in [0.2, 0.25) is 0 Å². The fourth-order valence-electron chi connectivity index (χ4n) is 1.40.